The highest BCUT2D eigenvalue weighted by Crippen LogP contribution is 2.32. The number of carbonyl (C=O) groups excluding carboxylic acids is 1. The van der Waals surface area contributed by atoms with Crippen LogP contribution in [0, 0.1) is 5.92 Å². The maximum Gasteiger partial charge on any atom is 0.321 e. The van der Waals surface area contributed by atoms with Gasteiger partial charge < -0.3 is 19.9 Å². The van der Waals surface area contributed by atoms with Crippen LogP contribution in [0.4, 0.5) is 16.2 Å². The molecule has 0 saturated carbocycles. The summed E-state index contributed by atoms with van der Waals surface area (Å²) in [6, 6.07) is 5.51. The molecule has 1 atom stereocenters. The van der Waals surface area contributed by atoms with Crippen LogP contribution in [0.25, 0.3) is 0 Å². The monoisotopic (exact) mass is 366 g/mol. The lowest BCUT2D eigenvalue weighted by atomic mass is 10.1. The standard InChI is InChI=1S/C18H27ClN4O2/c1-21(2)17-15(19)4-3-5-16(17)20-18(24)23-9-7-22(8-10-23)12-14-6-11-25-13-14/h3-5,14H,6-13H2,1-2H3,(H,20,24). The van der Waals surface area contributed by atoms with Crippen molar-refractivity contribution in [2.75, 3.05) is 70.2 Å². The molecule has 2 fully saturated rings. The molecule has 0 bridgehead atoms. The predicted octanol–water partition coefficient (Wildman–Crippen LogP) is 2.59. The highest BCUT2D eigenvalue weighted by atomic mass is 35.5. The van der Waals surface area contributed by atoms with Gasteiger partial charge in [0.2, 0.25) is 0 Å². The quantitative estimate of drug-likeness (QED) is 0.889. The van der Waals surface area contributed by atoms with Gasteiger partial charge in [0.25, 0.3) is 0 Å². The summed E-state index contributed by atoms with van der Waals surface area (Å²) in [5.41, 5.74) is 1.57. The van der Waals surface area contributed by atoms with Crippen LogP contribution in [-0.2, 0) is 4.74 Å². The van der Waals surface area contributed by atoms with Gasteiger partial charge in [-0.05, 0) is 24.5 Å². The second-order valence-corrected chi connectivity index (χ2v) is 7.39. The molecule has 0 spiro atoms. The number of nitrogens with zero attached hydrogens (tertiary/aromatic N) is 3. The second-order valence-electron chi connectivity index (χ2n) is 6.98. The number of nitrogens with one attached hydrogen (secondary N) is 1. The largest absolute Gasteiger partial charge is 0.381 e. The lowest BCUT2D eigenvalue weighted by Crippen LogP contribution is -2.51. The molecular formula is C18H27ClN4O2. The van der Waals surface area contributed by atoms with E-state index in [0.29, 0.717) is 10.9 Å². The molecule has 0 aromatic heterocycles. The molecular weight excluding hydrogens is 340 g/mol. The molecule has 6 nitrogen and oxygen atoms in total. The van der Waals surface area contributed by atoms with Gasteiger partial charge in [-0.15, -0.1) is 0 Å². The zero-order valence-electron chi connectivity index (χ0n) is 15.0. The fraction of sp³-hybridized carbons (Fsp3) is 0.611. The molecule has 7 heteroatoms. The van der Waals surface area contributed by atoms with Crippen LogP contribution in [0.15, 0.2) is 18.2 Å². The normalized spacial score (nSPS) is 21.4. The van der Waals surface area contributed by atoms with Crippen molar-refractivity contribution in [1.82, 2.24) is 9.80 Å². The third-order valence-corrected chi connectivity index (χ3v) is 5.18. The molecule has 3 rings (SSSR count). The summed E-state index contributed by atoms with van der Waals surface area (Å²) in [4.78, 5) is 18.9. The number of anilines is 2. The molecule has 0 aliphatic carbocycles. The van der Waals surface area contributed by atoms with E-state index in [0.717, 1.165) is 63.7 Å². The Morgan fingerprint density at radius 3 is 2.72 bits per heavy atom. The summed E-state index contributed by atoms with van der Waals surface area (Å²) < 4.78 is 5.45. The van der Waals surface area contributed by atoms with Gasteiger partial charge in [-0.1, -0.05) is 17.7 Å². The number of amides is 2. The predicted molar refractivity (Wildman–Crippen MR) is 102 cm³/mol. The van der Waals surface area contributed by atoms with Gasteiger partial charge in [-0.3, -0.25) is 4.90 Å². The number of carbonyl (C=O) groups is 1. The summed E-state index contributed by atoms with van der Waals surface area (Å²) in [6.07, 6.45) is 1.16. The Hall–Kier alpha value is -1.50. The molecule has 2 heterocycles. The van der Waals surface area contributed by atoms with Crippen molar-refractivity contribution < 1.29 is 9.53 Å². The summed E-state index contributed by atoms with van der Waals surface area (Å²) in [6.45, 7) is 6.17. The van der Waals surface area contributed by atoms with Gasteiger partial charge in [0.05, 0.1) is 23.0 Å². The van der Waals surface area contributed by atoms with Crippen LogP contribution in [0.5, 0.6) is 0 Å². The minimum atomic E-state index is -0.0609. The van der Waals surface area contributed by atoms with E-state index in [1.54, 1.807) is 0 Å². The van der Waals surface area contributed by atoms with E-state index in [-0.39, 0.29) is 6.03 Å². The molecule has 2 aliphatic heterocycles. The van der Waals surface area contributed by atoms with Crippen LogP contribution >= 0.6 is 11.6 Å². The fourth-order valence-electron chi connectivity index (χ4n) is 3.49. The average Bonchev–Trinajstić information content (AvgIpc) is 3.08. The Morgan fingerprint density at radius 1 is 1.32 bits per heavy atom. The number of piperazine rings is 1. The molecule has 25 heavy (non-hydrogen) atoms. The SMILES string of the molecule is CN(C)c1c(Cl)cccc1NC(=O)N1CCN(CC2CCOC2)CC1. The van der Waals surface area contributed by atoms with Crippen LogP contribution in [0.2, 0.25) is 5.02 Å². The third kappa shape index (κ3) is 4.57. The van der Waals surface area contributed by atoms with Crippen LogP contribution in [-0.4, -0.2) is 75.9 Å². The van der Waals surface area contributed by atoms with Crippen molar-refractivity contribution in [2.45, 2.75) is 6.42 Å². The van der Waals surface area contributed by atoms with Crippen molar-refractivity contribution in [3.05, 3.63) is 23.2 Å². The van der Waals surface area contributed by atoms with Crippen LogP contribution < -0.4 is 10.2 Å². The lowest BCUT2D eigenvalue weighted by Gasteiger charge is -2.35. The number of para-hydroxylation sites is 1. The first-order valence-corrected chi connectivity index (χ1v) is 9.24. The lowest BCUT2D eigenvalue weighted by molar-refractivity contribution is 0.124. The summed E-state index contributed by atoms with van der Waals surface area (Å²) >= 11 is 6.27. The molecule has 0 radical (unpaired) electrons. The van der Waals surface area contributed by atoms with E-state index in [1.807, 2.05) is 42.1 Å². The number of ether oxygens (including phenoxy) is 1. The van der Waals surface area contributed by atoms with Gasteiger partial charge in [0, 0.05) is 53.4 Å². The molecule has 2 saturated heterocycles. The third-order valence-electron chi connectivity index (χ3n) is 4.88. The summed E-state index contributed by atoms with van der Waals surface area (Å²) in [7, 11) is 3.84. The Kier molecular flexibility index (Phi) is 6.04. The average molecular weight is 367 g/mol. The summed E-state index contributed by atoms with van der Waals surface area (Å²) in [5.74, 6) is 0.648. The van der Waals surface area contributed by atoms with Gasteiger partial charge >= 0.3 is 6.03 Å². The van der Waals surface area contributed by atoms with E-state index >= 15 is 0 Å². The van der Waals surface area contributed by atoms with Crippen LogP contribution in [0.3, 0.4) is 0 Å². The summed E-state index contributed by atoms with van der Waals surface area (Å²) in [5, 5.41) is 3.64. The smallest absolute Gasteiger partial charge is 0.321 e. The van der Waals surface area contributed by atoms with E-state index in [4.69, 9.17) is 16.3 Å². The minimum Gasteiger partial charge on any atom is -0.381 e. The first kappa shape index (κ1) is 18.3. The van der Waals surface area contributed by atoms with Gasteiger partial charge in [-0.25, -0.2) is 4.79 Å². The molecule has 1 N–H and O–H groups in total. The highest BCUT2D eigenvalue weighted by Gasteiger charge is 2.25. The molecule has 1 unspecified atom stereocenters. The number of hydrogen-bond acceptors (Lipinski definition) is 4. The molecule has 2 aliphatic rings. The molecule has 1 aromatic carbocycles. The number of halogens is 1. The number of benzene rings is 1. The Morgan fingerprint density at radius 2 is 2.08 bits per heavy atom. The topological polar surface area (TPSA) is 48.1 Å². The number of hydrogen-bond donors (Lipinski definition) is 1. The number of rotatable bonds is 4. The first-order chi connectivity index (χ1) is 12.0. The molecule has 1 aromatic rings. The van der Waals surface area contributed by atoms with Crippen molar-refractivity contribution >= 4 is 29.0 Å². The van der Waals surface area contributed by atoms with E-state index in [1.165, 1.54) is 0 Å². The van der Waals surface area contributed by atoms with Gasteiger partial charge in [-0.2, -0.15) is 0 Å². The van der Waals surface area contributed by atoms with Gasteiger partial charge in [0.1, 0.15) is 0 Å². The van der Waals surface area contributed by atoms with Crippen molar-refractivity contribution in [3.8, 4) is 0 Å². The fourth-order valence-corrected chi connectivity index (χ4v) is 3.83. The Balaban J connectivity index is 1.54. The maximum atomic E-state index is 12.6. The van der Waals surface area contributed by atoms with E-state index < -0.39 is 0 Å². The van der Waals surface area contributed by atoms with Crippen molar-refractivity contribution in [1.29, 1.82) is 0 Å². The maximum absolute atomic E-state index is 12.6. The Labute approximate surface area is 154 Å². The number of urea groups is 1. The molecule has 138 valence electrons. The van der Waals surface area contributed by atoms with Crippen molar-refractivity contribution in [2.24, 2.45) is 5.92 Å². The van der Waals surface area contributed by atoms with Crippen LogP contribution in [0.1, 0.15) is 6.42 Å². The zero-order chi connectivity index (χ0) is 17.8. The highest BCUT2D eigenvalue weighted by molar-refractivity contribution is 6.34. The Bertz CT molecular complexity index is 597. The van der Waals surface area contributed by atoms with Gasteiger partial charge in [0.15, 0.2) is 0 Å². The van der Waals surface area contributed by atoms with E-state index in [9.17, 15) is 4.79 Å². The minimum absolute atomic E-state index is 0.0609. The first-order valence-electron chi connectivity index (χ1n) is 8.86. The van der Waals surface area contributed by atoms with Crippen molar-refractivity contribution in [3.63, 3.8) is 0 Å². The zero-order valence-corrected chi connectivity index (χ0v) is 15.8. The molecule has 2 amide bonds. The second kappa shape index (κ2) is 8.25. The van der Waals surface area contributed by atoms with E-state index in [2.05, 4.69) is 10.2 Å².